The van der Waals surface area contributed by atoms with Gasteiger partial charge in [0.2, 0.25) is 0 Å². The van der Waals surface area contributed by atoms with Gasteiger partial charge in [-0.2, -0.15) is 0 Å². The Morgan fingerprint density at radius 3 is 2.65 bits per heavy atom. The van der Waals surface area contributed by atoms with Crippen molar-refractivity contribution in [3.8, 4) is 5.75 Å². The molecule has 6 heteroatoms. The molecule has 108 valence electrons. The van der Waals surface area contributed by atoms with Crippen LogP contribution < -0.4 is 0 Å². The van der Waals surface area contributed by atoms with Crippen LogP contribution in [-0.4, -0.2) is 39.1 Å². The lowest BCUT2D eigenvalue weighted by atomic mass is 9.87. The second-order valence-corrected chi connectivity index (χ2v) is 5.13. The van der Waals surface area contributed by atoms with E-state index < -0.39 is 34.5 Å². The number of rotatable bonds is 2. The first-order valence-corrected chi connectivity index (χ1v) is 6.41. The van der Waals surface area contributed by atoms with Gasteiger partial charge in [-0.1, -0.05) is 6.07 Å². The van der Waals surface area contributed by atoms with Crippen molar-refractivity contribution in [2.75, 3.05) is 6.54 Å². The molecule has 1 aromatic rings. The van der Waals surface area contributed by atoms with Crippen LogP contribution in [0.2, 0.25) is 0 Å². The monoisotopic (exact) mass is 281 g/mol. The van der Waals surface area contributed by atoms with Crippen LogP contribution in [-0.2, 0) is 4.79 Å². The quantitative estimate of drug-likeness (QED) is 0.869. The first-order valence-electron chi connectivity index (χ1n) is 6.41. The standard InChI is InChI=1S/C14H16FNO4/c1-14(13(19)20)7-2-3-8-16(14)12(18)11-9(15)5-4-6-10(11)17/h4-6,17H,2-3,7-8H2,1H3,(H,19,20). The molecule has 1 fully saturated rings. The largest absolute Gasteiger partial charge is 0.507 e. The van der Waals surface area contributed by atoms with E-state index in [1.807, 2.05) is 0 Å². The topological polar surface area (TPSA) is 77.8 Å². The zero-order valence-corrected chi connectivity index (χ0v) is 11.1. The minimum Gasteiger partial charge on any atom is -0.507 e. The number of aromatic hydroxyl groups is 1. The Hall–Kier alpha value is -2.11. The van der Waals surface area contributed by atoms with Crippen molar-refractivity contribution < 1.29 is 24.2 Å². The highest BCUT2D eigenvalue weighted by atomic mass is 19.1. The maximum Gasteiger partial charge on any atom is 0.329 e. The summed E-state index contributed by atoms with van der Waals surface area (Å²) >= 11 is 0. The van der Waals surface area contributed by atoms with Gasteiger partial charge in [-0.05, 0) is 38.3 Å². The molecule has 1 aliphatic heterocycles. The molecule has 0 bridgehead atoms. The molecule has 0 saturated carbocycles. The summed E-state index contributed by atoms with van der Waals surface area (Å²) in [6.07, 6.45) is 1.66. The number of carbonyl (C=O) groups excluding carboxylic acids is 1. The van der Waals surface area contributed by atoms with E-state index in [4.69, 9.17) is 0 Å². The third-order valence-electron chi connectivity index (χ3n) is 3.80. The van der Waals surface area contributed by atoms with E-state index >= 15 is 0 Å². The molecule has 0 aromatic heterocycles. The fourth-order valence-corrected chi connectivity index (χ4v) is 2.53. The summed E-state index contributed by atoms with van der Waals surface area (Å²) in [4.78, 5) is 25.0. The smallest absolute Gasteiger partial charge is 0.329 e. The van der Waals surface area contributed by atoms with Gasteiger partial charge in [0.1, 0.15) is 22.7 Å². The average molecular weight is 281 g/mol. The van der Waals surface area contributed by atoms with E-state index in [1.165, 1.54) is 19.1 Å². The molecular weight excluding hydrogens is 265 g/mol. The number of amides is 1. The number of halogens is 1. The Morgan fingerprint density at radius 1 is 1.35 bits per heavy atom. The molecule has 1 saturated heterocycles. The Morgan fingerprint density at radius 2 is 2.05 bits per heavy atom. The average Bonchev–Trinajstić information content (AvgIpc) is 2.38. The molecule has 1 unspecified atom stereocenters. The SMILES string of the molecule is CC1(C(=O)O)CCCCN1C(=O)c1c(O)cccc1F. The van der Waals surface area contributed by atoms with Gasteiger partial charge in [0.05, 0.1) is 0 Å². The molecule has 1 amide bonds. The third-order valence-corrected chi connectivity index (χ3v) is 3.80. The molecule has 2 N–H and O–H groups in total. The molecule has 1 aliphatic rings. The highest BCUT2D eigenvalue weighted by Gasteiger charge is 2.45. The summed E-state index contributed by atoms with van der Waals surface area (Å²) < 4.78 is 13.8. The van der Waals surface area contributed by atoms with E-state index in [0.717, 1.165) is 11.0 Å². The second-order valence-electron chi connectivity index (χ2n) is 5.13. The van der Waals surface area contributed by atoms with Crippen molar-refractivity contribution in [3.05, 3.63) is 29.6 Å². The number of piperidine rings is 1. The van der Waals surface area contributed by atoms with Gasteiger partial charge >= 0.3 is 5.97 Å². The number of carboxylic acids is 1. The molecule has 5 nitrogen and oxygen atoms in total. The zero-order chi connectivity index (χ0) is 14.9. The van der Waals surface area contributed by atoms with E-state index in [1.54, 1.807) is 0 Å². The summed E-state index contributed by atoms with van der Waals surface area (Å²) in [6, 6.07) is 3.56. The van der Waals surface area contributed by atoms with E-state index in [-0.39, 0.29) is 6.54 Å². The Kier molecular flexibility index (Phi) is 3.65. The van der Waals surface area contributed by atoms with Gasteiger partial charge in [-0.25, -0.2) is 9.18 Å². The molecule has 1 atom stereocenters. The van der Waals surface area contributed by atoms with Crippen LogP contribution in [0.1, 0.15) is 36.5 Å². The van der Waals surface area contributed by atoms with Crippen molar-refractivity contribution in [2.45, 2.75) is 31.7 Å². The van der Waals surface area contributed by atoms with Crippen molar-refractivity contribution >= 4 is 11.9 Å². The van der Waals surface area contributed by atoms with E-state index in [0.29, 0.717) is 19.3 Å². The van der Waals surface area contributed by atoms with Crippen LogP contribution in [0.25, 0.3) is 0 Å². The number of nitrogens with zero attached hydrogens (tertiary/aromatic N) is 1. The Bertz CT molecular complexity index is 540. The lowest BCUT2D eigenvalue weighted by Crippen LogP contribution is -2.57. The molecule has 0 radical (unpaired) electrons. The minimum atomic E-state index is -1.37. The molecule has 0 aliphatic carbocycles. The normalized spacial score (nSPS) is 22.6. The van der Waals surface area contributed by atoms with Crippen molar-refractivity contribution in [1.82, 2.24) is 4.90 Å². The lowest BCUT2D eigenvalue weighted by Gasteiger charge is -2.41. The van der Waals surface area contributed by atoms with Crippen LogP contribution in [0, 0.1) is 5.82 Å². The van der Waals surface area contributed by atoms with Crippen molar-refractivity contribution in [2.24, 2.45) is 0 Å². The Labute approximate surface area is 115 Å². The molecule has 1 aromatic carbocycles. The first kappa shape index (κ1) is 14.3. The summed E-state index contributed by atoms with van der Waals surface area (Å²) in [5.74, 6) is -3.24. The number of likely N-dealkylation sites (tertiary alicyclic amines) is 1. The van der Waals surface area contributed by atoms with Crippen LogP contribution in [0.5, 0.6) is 5.75 Å². The van der Waals surface area contributed by atoms with Crippen molar-refractivity contribution in [3.63, 3.8) is 0 Å². The van der Waals surface area contributed by atoms with Gasteiger partial charge < -0.3 is 15.1 Å². The summed E-state index contributed by atoms with van der Waals surface area (Å²) in [7, 11) is 0. The number of hydrogen-bond donors (Lipinski definition) is 2. The van der Waals surface area contributed by atoms with Gasteiger partial charge in [0.15, 0.2) is 0 Å². The fraction of sp³-hybridized carbons (Fsp3) is 0.429. The number of hydrogen-bond acceptors (Lipinski definition) is 3. The van der Waals surface area contributed by atoms with Crippen LogP contribution in [0.15, 0.2) is 18.2 Å². The number of carboxylic acid groups (broad SMARTS) is 1. The highest BCUT2D eigenvalue weighted by Crippen LogP contribution is 2.32. The summed E-state index contributed by atoms with van der Waals surface area (Å²) in [5, 5.41) is 19.0. The van der Waals surface area contributed by atoms with E-state index in [9.17, 15) is 24.2 Å². The van der Waals surface area contributed by atoms with Crippen LogP contribution >= 0.6 is 0 Å². The zero-order valence-electron chi connectivity index (χ0n) is 11.1. The first-order chi connectivity index (χ1) is 9.38. The van der Waals surface area contributed by atoms with Gasteiger partial charge in [0, 0.05) is 6.54 Å². The molecule has 2 rings (SSSR count). The lowest BCUT2D eigenvalue weighted by molar-refractivity contribution is -0.150. The fourth-order valence-electron chi connectivity index (χ4n) is 2.53. The number of phenolic OH excluding ortho intramolecular Hbond substituents is 1. The van der Waals surface area contributed by atoms with Gasteiger partial charge in [0.25, 0.3) is 5.91 Å². The number of benzene rings is 1. The summed E-state index contributed by atoms with van der Waals surface area (Å²) in [5.41, 5.74) is -1.84. The van der Waals surface area contributed by atoms with Gasteiger partial charge in [-0.3, -0.25) is 4.79 Å². The second kappa shape index (κ2) is 5.11. The predicted octanol–water partition coefficient (Wildman–Crippen LogP) is 2.00. The van der Waals surface area contributed by atoms with Crippen molar-refractivity contribution in [1.29, 1.82) is 0 Å². The molecule has 0 spiro atoms. The highest BCUT2D eigenvalue weighted by molar-refractivity contribution is 6.00. The summed E-state index contributed by atoms with van der Waals surface area (Å²) in [6.45, 7) is 1.68. The Balaban J connectivity index is 2.43. The minimum absolute atomic E-state index is 0.232. The van der Waals surface area contributed by atoms with Gasteiger partial charge in [-0.15, -0.1) is 0 Å². The number of aliphatic carboxylic acids is 1. The number of phenols is 1. The maximum absolute atomic E-state index is 13.8. The molecule has 1 heterocycles. The van der Waals surface area contributed by atoms with E-state index in [2.05, 4.69) is 0 Å². The van der Waals surface area contributed by atoms with Crippen LogP contribution in [0.4, 0.5) is 4.39 Å². The molecule has 20 heavy (non-hydrogen) atoms. The number of carbonyl (C=O) groups is 2. The third kappa shape index (κ3) is 2.21. The predicted molar refractivity (Wildman–Crippen MR) is 69.0 cm³/mol. The maximum atomic E-state index is 13.8. The molecular formula is C14H16FNO4. The van der Waals surface area contributed by atoms with Crippen LogP contribution in [0.3, 0.4) is 0 Å².